The Kier molecular flexibility index (Phi) is 7.18. The van der Waals surface area contributed by atoms with Crippen LogP contribution in [-0.4, -0.2) is 32.2 Å². The van der Waals surface area contributed by atoms with Gasteiger partial charge in [0, 0.05) is 17.8 Å². The Morgan fingerprint density at radius 3 is 2.34 bits per heavy atom. The predicted octanol–water partition coefficient (Wildman–Crippen LogP) is 4.56. The fraction of sp³-hybridized carbons (Fsp3) is 0.292. The van der Waals surface area contributed by atoms with Crippen LogP contribution in [0, 0.1) is 0 Å². The molecule has 32 heavy (non-hydrogen) atoms. The second kappa shape index (κ2) is 9.68. The van der Waals surface area contributed by atoms with E-state index >= 15 is 0 Å². The molecule has 0 spiro atoms. The third-order valence-electron chi connectivity index (χ3n) is 4.50. The van der Waals surface area contributed by atoms with E-state index in [2.05, 4.69) is 15.0 Å². The average molecular weight is 456 g/mol. The zero-order valence-corrected chi connectivity index (χ0v) is 19.7. The highest BCUT2D eigenvalue weighted by Crippen LogP contribution is 2.31. The summed E-state index contributed by atoms with van der Waals surface area (Å²) in [5.41, 5.74) is 1.67. The van der Waals surface area contributed by atoms with Crippen molar-refractivity contribution in [3.8, 4) is 28.4 Å². The first-order valence-corrected chi connectivity index (χ1v) is 11.7. The van der Waals surface area contributed by atoms with Gasteiger partial charge in [0.1, 0.15) is 16.4 Å². The molecule has 0 radical (unpaired) electrons. The third kappa shape index (κ3) is 6.29. The fourth-order valence-electron chi connectivity index (χ4n) is 3.28. The molecule has 0 fully saturated rings. The van der Waals surface area contributed by atoms with Gasteiger partial charge in [-0.3, -0.25) is 10.3 Å². The smallest absolute Gasteiger partial charge is 0.247 e. The second-order valence-corrected chi connectivity index (χ2v) is 10.1. The van der Waals surface area contributed by atoms with E-state index in [0.29, 0.717) is 5.75 Å². The molecule has 0 saturated heterocycles. The highest BCUT2D eigenvalue weighted by molar-refractivity contribution is 7.89. The molecule has 2 aromatic carbocycles. The van der Waals surface area contributed by atoms with Crippen LogP contribution >= 0.6 is 0 Å². The molecular formula is C24H29N3O4S. The molecule has 7 nitrogen and oxygen atoms in total. The summed E-state index contributed by atoms with van der Waals surface area (Å²) in [4.78, 5) is 3.95. The van der Waals surface area contributed by atoms with Gasteiger partial charge in [0.15, 0.2) is 5.75 Å². The van der Waals surface area contributed by atoms with Gasteiger partial charge in [-0.25, -0.2) is 8.42 Å². The van der Waals surface area contributed by atoms with Gasteiger partial charge in [0.25, 0.3) is 0 Å². The summed E-state index contributed by atoms with van der Waals surface area (Å²) in [6.45, 7) is 7.64. The van der Waals surface area contributed by atoms with Gasteiger partial charge in [-0.2, -0.15) is 4.72 Å². The summed E-state index contributed by atoms with van der Waals surface area (Å²) in [5.74, 6) is 1.49. The van der Waals surface area contributed by atoms with Crippen LogP contribution < -0.4 is 19.5 Å². The fourth-order valence-corrected chi connectivity index (χ4v) is 4.50. The Hall–Kier alpha value is -2.94. The molecule has 1 unspecified atom stereocenters. The zero-order valence-electron chi connectivity index (χ0n) is 18.9. The van der Waals surface area contributed by atoms with Crippen molar-refractivity contribution in [2.24, 2.45) is 0 Å². The molecule has 0 aliphatic carbocycles. The van der Waals surface area contributed by atoms with Crippen molar-refractivity contribution < 1.29 is 17.9 Å². The van der Waals surface area contributed by atoms with Crippen LogP contribution in [-0.2, 0) is 10.0 Å². The topological polar surface area (TPSA) is 89.6 Å². The van der Waals surface area contributed by atoms with Gasteiger partial charge in [-0.1, -0.05) is 24.3 Å². The van der Waals surface area contributed by atoms with E-state index in [1.54, 1.807) is 20.1 Å². The number of benzene rings is 2. The van der Waals surface area contributed by atoms with E-state index in [1.165, 1.54) is 18.5 Å². The summed E-state index contributed by atoms with van der Waals surface area (Å²) in [5, 5.41) is 3.19. The summed E-state index contributed by atoms with van der Waals surface area (Å²) in [7, 11) is -2.24. The predicted molar refractivity (Wildman–Crippen MR) is 125 cm³/mol. The van der Waals surface area contributed by atoms with Crippen LogP contribution in [0.25, 0.3) is 11.1 Å². The van der Waals surface area contributed by atoms with Crippen LogP contribution in [0.4, 0.5) is 0 Å². The number of ether oxygens (including phenoxy) is 2. The highest BCUT2D eigenvalue weighted by atomic mass is 32.2. The molecule has 170 valence electrons. The molecule has 0 amide bonds. The number of hydrogen-bond donors (Lipinski definition) is 2. The Morgan fingerprint density at radius 2 is 1.69 bits per heavy atom. The number of nitrogens with zero attached hydrogens (tertiary/aromatic N) is 1. The lowest BCUT2D eigenvalue weighted by molar-refractivity contribution is 0.360. The average Bonchev–Trinajstić information content (AvgIpc) is 2.72. The van der Waals surface area contributed by atoms with Crippen molar-refractivity contribution in [1.29, 1.82) is 0 Å². The molecule has 3 rings (SSSR count). The van der Waals surface area contributed by atoms with Gasteiger partial charge in [0.2, 0.25) is 10.0 Å². The van der Waals surface area contributed by atoms with E-state index in [-0.39, 0.29) is 16.2 Å². The van der Waals surface area contributed by atoms with Crippen molar-refractivity contribution in [2.75, 3.05) is 7.11 Å². The minimum atomic E-state index is -3.87. The highest BCUT2D eigenvalue weighted by Gasteiger charge is 2.24. The minimum Gasteiger partial charge on any atom is -0.497 e. The first-order chi connectivity index (χ1) is 15.1. The lowest BCUT2D eigenvalue weighted by Crippen LogP contribution is -2.51. The molecule has 1 aromatic heterocycles. The van der Waals surface area contributed by atoms with E-state index in [9.17, 15) is 8.42 Å². The van der Waals surface area contributed by atoms with Gasteiger partial charge >= 0.3 is 0 Å². The van der Waals surface area contributed by atoms with Crippen LogP contribution in [0.3, 0.4) is 0 Å². The van der Waals surface area contributed by atoms with E-state index in [1.807, 2.05) is 63.2 Å². The maximum atomic E-state index is 13.0. The van der Waals surface area contributed by atoms with Crippen LogP contribution in [0.15, 0.2) is 71.9 Å². The van der Waals surface area contributed by atoms with E-state index in [0.717, 1.165) is 16.9 Å². The molecule has 0 saturated carbocycles. The molecule has 2 N–H and O–H groups in total. The lowest BCUT2D eigenvalue weighted by Gasteiger charge is -2.26. The second-order valence-electron chi connectivity index (χ2n) is 8.42. The number of rotatable bonds is 8. The quantitative estimate of drug-likeness (QED) is 0.484. The standard InChI is InChI=1S/C24H29N3O4S/c1-17(26-24(2,3)4)27-32(28,29)23-16-25-14-13-22(23)31-21-8-6-7-19(15-21)18-9-11-20(30-5)12-10-18/h6-17,26-27H,1-5H3. The zero-order chi connectivity index (χ0) is 23.4. The van der Waals surface area contributed by atoms with Crippen LogP contribution in [0.2, 0.25) is 0 Å². The number of hydrogen-bond acceptors (Lipinski definition) is 6. The molecule has 0 aliphatic rings. The van der Waals surface area contributed by atoms with Crippen molar-refractivity contribution >= 4 is 10.0 Å². The van der Waals surface area contributed by atoms with Gasteiger partial charge in [0.05, 0.1) is 19.5 Å². The summed E-state index contributed by atoms with van der Waals surface area (Å²) in [6.07, 6.45) is 2.30. The number of aromatic nitrogens is 1. The van der Waals surface area contributed by atoms with E-state index in [4.69, 9.17) is 9.47 Å². The Bertz CT molecular complexity index is 1160. The lowest BCUT2D eigenvalue weighted by atomic mass is 10.1. The summed E-state index contributed by atoms with van der Waals surface area (Å²) in [6, 6.07) is 16.7. The first kappa shape index (κ1) is 23.7. The van der Waals surface area contributed by atoms with E-state index < -0.39 is 16.2 Å². The van der Waals surface area contributed by atoms with Crippen molar-refractivity contribution in [1.82, 2.24) is 15.0 Å². The van der Waals surface area contributed by atoms with Crippen LogP contribution in [0.5, 0.6) is 17.2 Å². The number of pyridine rings is 1. The van der Waals surface area contributed by atoms with Crippen molar-refractivity contribution in [3.05, 3.63) is 67.0 Å². The first-order valence-electron chi connectivity index (χ1n) is 10.2. The summed E-state index contributed by atoms with van der Waals surface area (Å²) >= 11 is 0. The van der Waals surface area contributed by atoms with Gasteiger partial charge in [-0.05, 0) is 63.1 Å². The largest absolute Gasteiger partial charge is 0.497 e. The SMILES string of the molecule is COc1ccc(-c2cccc(Oc3ccncc3S(=O)(=O)NC(C)NC(C)(C)C)c2)cc1. The molecular weight excluding hydrogens is 426 g/mol. The Labute approximate surface area is 189 Å². The number of nitrogens with one attached hydrogen (secondary N) is 2. The van der Waals surface area contributed by atoms with Gasteiger partial charge < -0.3 is 9.47 Å². The molecule has 1 atom stereocenters. The van der Waals surface area contributed by atoms with Crippen molar-refractivity contribution in [3.63, 3.8) is 0 Å². The molecule has 0 aliphatic heterocycles. The normalized spacial score (nSPS) is 12.9. The Balaban J connectivity index is 1.85. The maximum Gasteiger partial charge on any atom is 0.247 e. The van der Waals surface area contributed by atoms with Crippen molar-refractivity contribution in [2.45, 2.75) is 44.3 Å². The Morgan fingerprint density at radius 1 is 0.969 bits per heavy atom. The third-order valence-corrected chi connectivity index (χ3v) is 6.05. The molecule has 3 aromatic rings. The molecule has 0 bridgehead atoms. The van der Waals surface area contributed by atoms with Crippen LogP contribution in [0.1, 0.15) is 27.7 Å². The molecule has 8 heteroatoms. The van der Waals surface area contributed by atoms with Gasteiger partial charge in [-0.15, -0.1) is 0 Å². The summed E-state index contributed by atoms with van der Waals surface area (Å²) < 4.78 is 39.8. The molecule has 1 heterocycles. The number of methoxy groups -OCH3 is 1. The number of sulfonamides is 1. The minimum absolute atomic E-state index is 0.0302. The monoisotopic (exact) mass is 455 g/mol. The maximum absolute atomic E-state index is 13.0.